The van der Waals surface area contributed by atoms with E-state index in [-0.39, 0.29) is 12.6 Å². The second-order valence-electron chi connectivity index (χ2n) is 6.44. The van der Waals surface area contributed by atoms with Gasteiger partial charge in [0, 0.05) is 5.70 Å². The lowest BCUT2D eigenvalue weighted by atomic mass is 9.93. The van der Waals surface area contributed by atoms with E-state index in [4.69, 9.17) is 25.8 Å². The molecule has 1 aliphatic rings. The highest BCUT2D eigenvalue weighted by Crippen LogP contribution is 2.40. The first-order valence-electron chi connectivity index (χ1n) is 10.0. The monoisotopic (exact) mass is 424 g/mol. The molecule has 0 aliphatic carbocycles. The summed E-state index contributed by atoms with van der Waals surface area (Å²) >= 11 is 6.45. The average molecular weight is 425 g/mol. The Hall–Kier alpha value is -2.41. The van der Waals surface area contributed by atoms with Crippen LogP contribution in [-0.4, -0.2) is 31.8 Å². The van der Waals surface area contributed by atoms with Crippen LogP contribution in [0.25, 0.3) is 0 Å². The normalized spacial score (nSPS) is 16.2. The number of hydrogen-bond donors (Lipinski definition) is 2. The van der Waals surface area contributed by atoms with Gasteiger partial charge in [-0.25, -0.2) is 9.59 Å². The van der Waals surface area contributed by atoms with Crippen LogP contribution in [0.2, 0.25) is 5.02 Å². The van der Waals surface area contributed by atoms with Crippen molar-refractivity contribution in [2.75, 3.05) is 19.8 Å². The summed E-state index contributed by atoms with van der Waals surface area (Å²) in [6, 6.07) is 2.34. The Morgan fingerprint density at radius 1 is 1.10 bits per heavy atom. The van der Waals surface area contributed by atoms with Crippen LogP contribution in [0.3, 0.4) is 0 Å². The summed E-state index contributed by atoms with van der Waals surface area (Å²) in [6.45, 7) is 8.59. The van der Waals surface area contributed by atoms with E-state index >= 15 is 0 Å². The van der Waals surface area contributed by atoms with E-state index in [0.717, 1.165) is 12.8 Å². The number of carbonyl (C=O) groups excluding carboxylic acids is 2. The molecule has 1 aliphatic heterocycles. The molecule has 0 spiro atoms. The van der Waals surface area contributed by atoms with Crippen LogP contribution >= 0.6 is 11.6 Å². The summed E-state index contributed by atoms with van der Waals surface area (Å²) in [5.74, 6) is 0.426. The number of unbranched alkanes of at least 4 members (excludes halogenated alkanes) is 1. The summed E-state index contributed by atoms with van der Waals surface area (Å²) in [4.78, 5) is 25.1. The number of esters is 1. The first-order chi connectivity index (χ1) is 14.0. The molecule has 7 nitrogen and oxygen atoms in total. The van der Waals surface area contributed by atoms with Crippen LogP contribution in [0.4, 0.5) is 4.79 Å². The van der Waals surface area contributed by atoms with E-state index < -0.39 is 12.0 Å². The predicted octanol–water partition coefficient (Wildman–Crippen LogP) is 4.50. The Balaban J connectivity index is 2.58. The molecule has 2 rings (SSSR count). The summed E-state index contributed by atoms with van der Waals surface area (Å²) in [7, 11) is 0. The smallest absolute Gasteiger partial charge is 0.338 e. The Bertz CT molecular complexity index is 779. The minimum absolute atomic E-state index is 0.234. The third kappa shape index (κ3) is 5.56. The van der Waals surface area contributed by atoms with Gasteiger partial charge in [0.2, 0.25) is 0 Å². The number of carbonyl (C=O) groups is 2. The van der Waals surface area contributed by atoms with Crippen LogP contribution in [0.5, 0.6) is 11.5 Å². The Labute approximate surface area is 176 Å². The van der Waals surface area contributed by atoms with E-state index in [1.54, 1.807) is 19.1 Å². The first-order valence-corrected chi connectivity index (χ1v) is 10.4. The van der Waals surface area contributed by atoms with Gasteiger partial charge in [-0.2, -0.15) is 0 Å². The summed E-state index contributed by atoms with van der Waals surface area (Å²) < 4.78 is 16.6. The van der Waals surface area contributed by atoms with E-state index in [9.17, 15) is 9.59 Å². The van der Waals surface area contributed by atoms with Gasteiger partial charge < -0.3 is 24.8 Å². The summed E-state index contributed by atoms with van der Waals surface area (Å²) in [6.07, 6.45) is 2.33. The van der Waals surface area contributed by atoms with Gasteiger partial charge in [0.05, 0.1) is 36.5 Å². The maximum atomic E-state index is 12.8. The maximum absolute atomic E-state index is 12.8. The lowest BCUT2D eigenvalue weighted by Crippen LogP contribution is -2.46. The van der Waals surface area contributed by atoms with E-state index in [1.807, 2.05) is 20.8 Å². The molecule has 1 aromatic rings. The van der Waals surface area contributed by atoms with Crippen molar-refractivity contribution in [3.8, 4) is 11.5 Å². The van der Waals surface area contributed by atoms with Crippen molar-refractivity contribution in [2.24, 2.45) is 0 Å². The zero-order chi connectivity index (χ0) is 21.4. The molecule has 1 unspecified atom stereocenters. The van der Waals surface area contributed by atoms with Crippen molar-refractivity contribution in [3.63, 3.8) is 0 Å². The minimum atomic E-state index is -0.706. The van der Waals surface area contributed by atoms with Crippen LogP contribution < -0.4 is 20.1 Å². The molecule has 0 radical (unpaired) electrons. The van der Waals surface area contributed by atoms with Gasteiger partial charge in [0.25, 0.3) is 0 Å². The lowest BCUT2D eigenvalue weighted by Gasteiger charge is -2.30. The van der Waals surface area contributed by atoms with Gasteiger partial charge in [-0.3, -0.25) is 0 Å². The molecular weight excluding hydrogens is 396 g/mol. The number of halogens is 1. The van der Waals surface area contributed by atoms with Gasteiger partial charge in [-0.1, -0.05) is 24.9 Å². The molecule has 2 N–H and O–H groups in total. The number of ether oxygens (including phenoxy) is 3. The zero-order valence-electron chi connectivity index (χ0n) is 17.4. The van der Waals surface area contributed by atoms with Crippen LogP contribution in [-0.2, 0) is 9.53 Å². The van der Waals surface area contributed by atoms with Crippen molar-refractivity contribution in [3.05, 3.63) is 34.0 Å². The number of nitrogens with one attached hydrogen (secondary N) is 2. The Morgan fingerprint density at radius 3 is 2.45 bits per heavy atom. The summed E-state index contributed by atoms with van der Waals surface area (Å²) in [5, 5.41) is 5.93. The molecular formula is C21H29ClN2O5. The Kier molecular flexibility index (Phi) is 8.64. The lowest BCUT2D eigenvalue weighted by molar-refractivity contribution is -0.139. The number of rotatable bonds is 10. The molecule has 160 valence electrons. The zero-order valence-corrected chi connectivity index (χ0v) is 18.1. The fourth-order valence-corrected chi connectivity index (χ4v) is 3.44. The van der Waals surface area contributed by atoms with Crippen LogP contribution in [0.1, 0.15) is 58.6 Å². The standard InChI is InChI=1S/C21H29ClN2O5/c1-5-9-10-15-17(20(25)29-8-4)18(24-21(26)23-15)13-11-14(22)19(28-7-3)16(12-13)27-6-2/h11-12,18H,5-10H2,1-4H3,(H2,23,24,26). The van der Waals surface area contributed by atoms with E-state index in [1.165, 1.54) is 0 Å². The number of benzene rings is 1. The number of urea groups is 1. The molecule has 1 aromatic carbocycles. The topological polar surface area (TPSA) is 85.9 Å². The van der Waals surface area contributed by atoms with Gasteiger partial charge in [-0.05, 0) is 51.3 Å². The second-order valence-corrected chi connectivity index (χ2v) is 6.85. The highest BCUT2D eigenvalue weighted by Gasteiger charge is 2.34. The SMILES string of the molecule is CCCCC1=C(C(=O)OCC)C(c2cc(Cl)c(OCC)c(OCC)c2)NC(=O)N1. The minimum Gasteiger partial charge on any atom is -0.490 e. The van der Waals surface area contributed by atoms with Crippen molar-refractivity contribution in [1.29, 1.82) is 0 Å². The van der Waals surface area contributed by atoms with Crippen molar-refractivity contribution in [2.45, 2.75) is 53.0 Å². The van der Waals surface area contributed by atoms with Gasteiger partial charge in [0.15, 0.2) is 11.5 Å². The maximum Gasteiger partial charge on any atom is 0.338 e. The highest BCUT2D eigenvalue weighted by molar-refractivity contribution is 6.32. The number of hydrogen-bond acceptors (Lipinski definition) is 5. The molecule has 2 amide bonds. The predicted molar refractivity (Wildman–Crippen MR) is 111 cm³/mol. The molecule has 29 heavy (non-hydrogen) atoms. The highest BCUT2D eigenvalue weighted by atomic mass is 35.5. The van der Waals surface area contributed by atoms with Crippen molar-refractivity contribution < 1.29 is 23.8 Å². The molecule has 1 heterocycles. The van der Waals surface area contributed by atoms with Crippen molar-refractivity contribution in [1.82, 2.24) is 10.6 Å². The molecule has 0 aromatic heterocycles. The second kappa shape index (κ2) is 11.0. The molecule has 0 fully saturated rings. The Morgan fingerprint density at radius 2 is 1.83 bits per heavy atom. The van der Waals surface area contributed by atoms with Gasteiger partial charge >= 0.3 is 12.0 Å². The first kappa shape index (κ1) is 22.9. The quantitative estimate of drug-likeness (QED) is 0.540. The molecule has 0 bridgehead atoms. The largest absolute Gasteiger partial charge is 0.490 e. The molecule has 1 atom stereocenters. The molecule has 0 saturated heterocycles. The summed E-state index contributed by atoms with van der Waals surface area (Å²) in [5.41, 5.74) is 1.57. The third-order valence-electron chi connectivity index (χ3n) is 4.38. The number of allylic oxidation sites excluding steroid dienone is 1. The van der Waals surface area contributed by atoms with Gasteiger partial charge in [0.1, 0.15) is 0 Å². The van der Waals surface area contributed by atoms with E-state index in [0.29, 0.717) is 53.0 Å². The third-order valence-corrected chi connectivity index (χ3v) is 4.66. The molecule has 8 heteroatoms. The fourth-order valence-electron chi connectivity index (χ4n) is 3.17. The molecule has 0 saturated carbocycles. The van der Waals surface area contributed by atoms with Crippen molar-refractivity contribution >= 4 is 23.6 Å². The van der Waals surface area contributed by atoms with Gasteiger partial charge in [-0.15, -0.1) is 0 Å². The van der Waals surface area contributed by atoms with Crippen LogP contribution in [0, 0.1) is 0 Å². The average Bonchev–Trinajstić information content (AvgIpc) is 2.68. The van der Waals surface area contributed by atoms with Crippen LogP contribution in [0.15, 0.2) is 23.4 Å². The number of amides is 2. The van der Waals surface area contributed by atoms with E-state index in [2.05, 4.69) is 10.6 Å². The fraction of sp³-hybridized carbons (Fsp3) is 0.524.